The number of nitrogens with two attached hydrogens (primary N) is 1. The van der Waals surface area contributed by atoms with E-state index in [1.807, 2.05) is 0 Å². The summed E-state index contributed by atoms with van der Waals surface area (Å²) in [6, 6.07) is 1.78. The minimum absolute atomic E-state index is 0.827. The van der Waals surface area contributed by atoms with Crippen LogP contribution in [0.4, 0.5) is 0 Å². The predicted octanol–water partition coefficient (Wildman–Crippen LogP) is 1.99. The first kappa shape index (κ1) is 10.1. The summed E-state index contributed by atoms with van der Waals surface area (Å²) in [7, 11) is 0. The van der Waals surface area contributed by atoms with Crippen LogP contribution in [0.2, 0.25) is 0 Å². The molecule has 2 nitrogen and oxygen atoms in total. The molecule has 0 aromatic heterocycles. The van der Waals surface area contributed by atoms with E-state index in [1.54, 1.807) is 0 Å². The molecule has 1 heterocycles. The number of hydrogen-bond acceptors (Lipinski definition) is 2. The van der Waals surface area contributed by atoms with Gasteiger partial charge in [-0.25, -0.2) is 0 Å². The number of nitrogens with zero attached hydrogens (tertiary/aromatic N) is 1. The molecule has 15 heavy (non-hydrogen) atoms. The second-order valence-corrected chi connectivity index (χ2v) is 5.77. The molecule has 3 aliphatic rings. The van der Waals surface area contributed by atoms with E-state index in [9.17, 15) is 0 Å². The maximum Gasteiger partial charge on any atom is 0.0129 e. The van der Waals surface area contributed by atoms with E-state index in [4.69, 9.17) is 5.73 Å². The third-order valence-electron chi connectivity index (χ3n) is 4.90. The van der Waals surface area contributed by atoms with Gasteiger partial charge < -0.3 is 5.73 Å². The molecule has 1 aliphatic heterocycles. The highest BCUT2D eigenvalue weighted by Crippen LogP contribution is 2.54. The normalized spacial score (nSPS) is 45.4. The van der Waals surface area contributed by atoms with Gasteiger partial charge in [0.05, 0.1) is 0 Å². The minimum atomic E-state index is 0.827. The van der Waals surface area contributed by atoms with Crippen LogP contribution in [0.3, 0.4) is 0 Å². The third-order valence-corrected chi connectivity index (χ3v) is 4.90. The van der Waals surface area contributed by atoms with E-state index < -0.39 is 0 Å². The average Bonchev–Trinajstić information content (AvgIpc) is 2.93. The van der Waals surface area contributed by atoms with E-state index in [2.05, 4.69) is 4.90 Å². The highest BCUT2D eigenvalue weighted by Gasteiger charge is 2.51. The monoisotopic (exact) mass is 208 g/mol. The largest absolute Gasteiger partial charge is 0.330 e. The van der Waals surface area contributed by atoms with Crippen molar-refractivity contribution in [3.05, 3.63) is 0 Å². The zero-order valence-electron chi connectivity index (χ0n) is 9.70. The Hall–Kier alpha value is -0.0800. The van der Waals surface area contributed by atoms with Gasteiger partial charge in [0.15, 0.2) is 0 Å². The molecular weight excluding hydrogens is 184 g/mol. The molecule has 0 amide bonds. The number of fused-ring (bicyclic) bond motifs is 1. The number of likely N-dealkylation sites (tertiary alicyclic amines) is 1. The van der Waals surface area contributed by atoms with Crippen molar-refractivity contribution in [1.82, 2.24) is 4.90 Å². The van der Waals surface area contributed by atoms with E-state index in [0.717, 1.165) is 30.5 Å². The summed E-state index contributed by atoms with van der Waals surface area (Å²) in [5.74, 6) is 2.21. The van der Waals surface area contributed by atoms with Gasteiger partial charge in [-0.2, -0.15) is 0 Å². The van der Waals surface area contributed by atoms with Crippen LogP contribution in [-0.4, -0.2) is 30.1 Å². The number of rotatable bonds is 3. The molecule has 2 aliphatic carbocycles. The van der Waals surface area contributed by atoms with Gasteiger partial charge in [-0.05, 0) is 63.5 Å². The zero-order valence-corrected chi connectivity index (χ0v) is 9.70. The van der Waals surface area contributed by atoms with Gasteiger partial charge >= 0.3 is 0 Å². The average molecular weight is 208 g/mol. The van der Waals surface area contributed by atoms with Crippen molar-refractivity contribution in [2.24, 2.45) is 17.6 Å². The molecule has 0 radical (unpaired) electrons. The van der Waals surface area contributed by atoms with Crippen molar-refractivity contribution < 1.29 is 0 Å². The Morgan fingerprint density at radius 1 is 1.13 bits per heavy atom. The van der Waals surface area contributed by atoms with Gasteiger partial charge in [-0.1, -0.05) is 6.42 Å². The summed E-state index contributed by atoms with van der Waals surface area (Å²) < 4.78 is 0. The molecule has 0 bridgehead atoms. The van der Waals surface area contributed by atoms with E-state index in [-0.39, 0.29) is 0 Å². The van der Waals surface area contributed by atoms with Crippen LogP contribution in [0.1, 0.15) is 44.9 Å². The van der Waals surface area contributed by atoms with Crippen molar-refractivity contribution >= 4 is 0 Å². The Morgan fingerprint density at radius 2 is 2.07 bits per heavy atom. The summed E-state index contributed by atoms with van der Waals surface area (Å²) in [5.41, 5.74) is 5.74. The third kappa shape index (κ3) is 1.83. The van der Waals surface area contributed by atoms with Crippen LogP contribution < -0.4 is 5.73 Å². The van der Waals surface area contributed by atoms with Crippen molar-refractivity contribution in [3.8, 4) is 0 Å². The van der Waals surface area contributed by atoms with Crippen LogP contribution >= 0.6 is 0 Å². The molecule has 4 unspecified atom stereocenters. The van der Waals surface area contributed by atoms with Gasteiger partial charge in [0.1, 0.15) is 0 Å². The van der Waals surface area contributed by atoms with Gasteiger partial charge in [-0.3, -0.25) is 4.90 Å². The highest BCUT2D eigenvalue weighted by atomic mass is 15.2. The Labute approximate surface area is 93.2 Å². The first-order chi connectivity index (χ1) is 7.40. The maximum atomic E-state index is 5.74. The summed E-state index contributed by atoms with van der Waals surface area (Å²) in [4.78, 5) is 2.84. The van der Waals surface area contributed by atoms with Crippen LogP contribution in [0, 0.1) is 11.8 Å². The molecule has 0 spiro atoms. The SMILES string of the molecule is NCCC1CCCCN1C1CCC2CC21. The Kier molecular flexibility index (Phi) is 2.73. The Morgan fingerprint density at radius 3 is 2.73 bits per heavy atom. The van der Waals surface area contributed by atoms with Gasteiger partial charge in [-0.15, -0.1) is 0 Å². The van der Waals surface area contributed by atoms with Gasteiger partial charge in [0.25, 0.3) is 0 Å². The molecular formula is C13H24N2. The van der Waals surface area contributed by atoms with Crippen LogP contribution in [-0.2, 0) is 0 Å². The standard InChI is InChI=1S/C13H24N2/c14-7-6-11-3-1-2-8-15(11)13-5-4-10-9-12(10)13/h10-13H,1-9,14H2. The molecule has 0 aromatic rings. The molecule has 3 fully saturated rings. The predicted molar refractivity (Wildman–Crippen MR) is 62.6 cm³/mol. The first-order valence-electron chi connectivity index (χ1n) is 6.86. The smallest absolute Gasteiger partial charge is 0.0129 e. The first-order valence-corrected chi connectivity index (χ1v) is 6.86. The summed E-state index contributed by atoms with van der Waals surface area (Å²) >= 11 is 0. The van der Waals surface area contributed by atoms with E-state index >= 15 is 0 Å². The molecule has 4 atom stereocenters. The molecule has 2 saturated carbocycles. The van der Waals surface area contributed by atoms with Crippen molar-refractivity contribution in [2.75, 3.05) is 13.1 Å². The minimum Gasteiger partial charge on any atom is -0.330 e. The molecule has 3 rings (SSSR count). The zero-order chi connectivity index (χ0) is 10.3. The molecule has 2 heteroatoms. The molecule has 1 saturated heterocycles. The quantitative estimate of drug-likeness (QED) is 0.768. The van der Waals surface area contributed by atoms with Crippen LogP contribution in [0.15, 0.2) is 0 Å². The summed E-state index contributed by atoms with van der Waals surface area (Å²) in [6.07, 6.45) is 10.0. The topological polar surface area (TPSA) is 29.3 Å². The highest BCUT2D eigenvalue weighted by molar-refractivity contribution is 5.03. The van der Waals surface area contributed by atoms with E-state index in [0.29, 0.717) is 0 Å². The van der Waals surface area contributed by atoms with Gasteiger partial charge in [0.2, 0.25) is 0 Å². The molecule has 2 N–H and O–H groups in total. The second-order valence-electron chi connectivity index (χ2n) is 5.77. The molecule has 86 valence electrons. The number of hydrogen-bond donors (Lipinski definition) is 1. The lowest BCUT2D eigenvalue weighted by molar-refractivity contribution is 0.0817. The summed E-state index contributed by atoms with van der Waals surface area (Å²) in [5, 5.41) is 0. The molecule has 0 aromatic carbocycles. The fourth-order valence-electron chi connectivity index (χ4n) is 4.05. The van der Waals surface area contributed by atoms with Crippen LogP contribution in [0.25, 0.3) is 0 Å². The Balaban J connectivity index is 1.65. The lowest BCUT2D eigenvalue weighted by Crippen LogP contribution is -2.47. The van der Waals surface area contributed by atoms with Crippen molar-refractivity contribution in [2.45, 2.75) is 57.0 Å². The van der Waals surface area contributed by atoms with Crippen molar-refractivity contribution in [3.63, 3.8) is 0 Å². The van der Waals surface area contributed by atoms with Crippen LogP contribution in [0.5, 0.6) is 0 Å². The van der Waals surface area contributed by atoms with E-state index in [1.165, 1.54) is 51.5 Å². The van der Waals surface area contributed by atoms with Crippen molar-refractivity contribution in [1.29, 1.82) is 0 Å². The van der Waals surface area contributed by atoms with Gasteiger partial charge in [0, 0.05) is 12.1 Å². The fraction of sp³-hybridized carbons (Fsp3) is 1.00. The fourth-order valence-corrected chi connectivity index (χ4v) is 4.05. The Bertz CT molecular complexity index is 227. The lowest BCUT2D eigenvalue weighted by atomic mass is 9.95. The summed E-state index contributed by atoms with van der Waals surface area (Å²) in [6.45, 7) is 2.24. The lowest BCUT2D eigenvalue weighted by Gasteiger charge is -2.40. The maximum absolute atomic E-state index is 5.74. The number of piperidine rings is 1. The second kappa shape index (κ2) is 4.06.